The summed E-state index contributed by atoms with van der Waals surface area (Å²) in [6.07, 6.45) is 3.48. The van der Waals surface area contributed by atoms with E-state index in [1.807, 2.05) is 6.92 Å². The molecule has 1 atom stereocenters. The Kier molecular flexibility index (Phi) is 5.05. The molecule has 0 radical (unpaired) electrons. The van der Waals surface area contributed by atoms with Gasteiger partial charge < -0.3 is 15.5 Å². The number of nitrogens with two attached hydrogens (primary N) is 1. The van der Waals surface area contributed by atoms with Gasteiger partial charge in [-0.3, -0.25) is 4.79 Å². The molecule has 1 unspecified atom stereocenters. The molecule has 0 saturated heterocycles. The van der Waals surface area contributed by atoms with Crippen molar-refractivity contribution in [2.75, 3.05) is 13.1 Å². The first-order valence-electron chi connectivity index (χ1n) is 5.67. The van der Waals surface area contributed by atoms with Crippen molar-refractivity contribution in [2.45, 2.75) is 26.7 Å². The zero-order valence-corrected chi connectivity index (χ0v) is 9.95. The van der Waals surface area contributed by atoms with E-state index in [1.54, 1.807) is 6.07 Å². The molecule has 90 valence electrons. The lowest BCUT2D eigenvalue weighted by Gasteiger charge is -2.08. The zero-order chi connectivity index (χ0) is 12.0. The summed E-state index contributed by atoms with van der Waals surface area (Å²) in [6.45, 7) is 5.32. The highest BCUT2D eigenvalue weighted by Gasteiger charge is 2.07. The Bertz CT molecular complexity index is 334. The molecule has 0 saturated carbocycles. The van der Waals surface area contributed by atoms with Crippen LogP contribution < -0.4 is 11.1 Å². The van der Waals surface area contributed by atoms with Crippen LogP contribution in [0, 0.1) is 12.8 Å². The predicted octanol–water partition coefficient (Wildman–Crippen LogP) is 1.69. The molecule has 0 fully saturated rings. The highest BCUT2D eigenvalue weighted by Crippen LogP contribution is 2.06. The number of carbonyl (C=O) groups excluding carboxylic acids is 1. The summed E-state index contributed by atoms with van der Waals surface area (Å²) in [5, 5.41) is 2.85. The van der Waals surface area contributed by atoms with Crippen molar-refractivity contribution in [2.24, 2.45) is 11.7 Å². The van der Waals surface area contributed by atoms with E-state index in [2.05, 4.69) is 12.2 Å². The molecule has 0 bridgehead atoms. The molecule has 3 N–H and O–H groups in total. The zero-order valence-electron chi connectivity index (χ0n) is 9.95. The normalized spacial score (nSPS) is 12.4. The van der Waals surface area contributed by atoms with Crippen LogP contribution in [0.15, 0.2) is 16.7 Å². The summed E-state index contributed by atoms with van der Waals surface area (Å²) in [4.78, 5) is 11.6. The average Bonchev–Trinajstić information content (AvgIpc) is 2.70. The van der Waals surface area contributed by atoms with Gasteiger partial charge in [0.05, 0.1) is 5.56 Å². The van der Waals surface area contributed by atoms with Gasteiger partial charge in [-0.05, 0) is 38.3 Å². The Balaban J connectivity index is 2.21. The van der Waals surface area contributed by atoms with Gasteiger partial charge in [-0.1, -0.05) is 6.92 Å². The van der Waals surface area contributed by atoms with Gasteiger partial charge >= 0.3 is 0 Å². The first kappa shape index (κ1) is 12.8. The smallest absolute Gasteiger partial charge is 0.254 e. The van der Waals surface area contributed by atoms with Gasteiger partial charge in [-0.2, -0.15) is 0 Å². The average molecular weight is 224 g/mol. The molecule has 4 nitrogen and oxygen atoms in total. The van der Waals surface area contributed by atoms with Crippen LogP contribution in [0.1, 0.15) is 35.9 Å². The lowest BCUT2D eigenvalue weighted by Crippen LogP contribution is -2.24. The third kappa shape index (κ3) is 4.06. The number of amides is 1. The largest absolute Gasteiger partial charge is 0.469 e. The summed E-state index contributed by atoms with van der Waals surface area (Å²) in [5.41, 5.74) is 6.10. The fourth-order valence-corrected chi connectivity index (χ4v) is 1.43. The minimum atomic E-state index is -0.0720. The Morgan fingerprint density at radius 1 is 1.62 bits per heavy atom. The molecule has 1 amide bonds. The highest BCUT2D eigenvalue weighted by atomic mass is 16.3. The molecule has 16 heavy (non-hydrogen) atoms. The molecular weight excluding hydrogens is 204 g/mol. The van der Waals surface area contributed by atoms with E-state index in [0.717, 1.165) is 18.6 Å². The van der Waals surface area contributed by atoms with Gasteiger partial charge in [0, 0.05) is 6.54 Å². The second-order valence-electron chi connectivity index (χ2n) is 4.19. The highest BCUT2D eigenvalue weighted by molar-refractivity contribution is 5.93. The standard InChI is InChI=1S/C12H20N2O2/c1-9(7-13)4-3-5-14-12(15)11-6-10(2)16-8-11/h6,8-9H,3-5,7,13H2,1-2H3,(H,14,15). The van der Waals surface area contributed by atoms with Gasteiger partial charge in [0.2, 0.25) is 0 Å². The van der Waals surface area contributed by atoms with Crippen molar-refractivity contribution in [3.8, 4) is 0 Å². The maximum absolute atomic E-state index is 11.6. The number of hydrogen-bond acceptors (Lipinski definition) is 3. The van der Waals surface area contributed by atoms with Gasteiger partial charge in [-0.15, -0.1) is 0 Å². The fraction of sp³-hybridized carbons (Fsp3) is 0.583. The van der Waals surface area contributed by atoms with Crippen LogP contribution in [-0.4, -0.2) is 19.0 Å². The van der Waals surface area contributed by atoms with Crippen molar-refractivity contribution >= 4 is 5.91 Å². The van der Waals surface area contributed by atoms with Crippen molar-refractivity contribution in [3.63, 3.8) is 0 Å². The summed E-state index contributed by atoms with van der Waals surface area (Å²) < 4.78 is 5.07. The maximum atomic E-state index is 11.6. The summed E-state index contributed by atoms with van der Waals surface area (Å²) >= 11 is 0. The van der Waals surface area contributed by atoms with Gasteiger partial charge in [0.25, 0.3) is 5.91 Å². The molecule has 0 aliphatic rings. The number of carbonyl (C=O) groups is 1. The molecule has 1 aromatic heterocycles. The summed E-state index contributed by atoms with van der Waals surface area (Å²) in [7, 11) is 0. The molecule has 0 aromatic carbocycles. The van der Waals surface area contributed by atoms with E-state index in [9.17, 15) is 4.79 Å². The second kappa shape index (κ2) is 6.33. The van der Waals surface area contributed by atoms with Gasteiger partial charge in [0.15, 0.2) is 0 Å². The minimum absolute atomic E-state index is 0.0720. The van der Waals surface area contributed by atoms with Crippen LogP contribution in [-0.2, 0) is 0 Å². The lowest BCUT2D eigenvalue weighted by atomic mass is 10.1. The molecule has 0 aliphatic carbocycles. The molecule has 0 aliphatic heterocycles. The van der Waals surface area contributed by atoms with E-state index >= 15 is 0 Å². The van der Waals surface area contributed by atoms with Crippen molar-refractivity contribution < 1.29 is 9.21 Å². The second-order valence-corrected chi connectivity index (χ2v) is 4.19. The first-order valence-corrected chi connectivity index (χ1v) is 5.67. The lowest BCUT2D eigenvalue weighted by molar-refractivity contribution is 0.0952. The predicted molar refractivity (Wildman–Crippen MR) is 63.2 cm³/mol. The van der Waals surface area contributed by atoms with E-state index in [4.69, 9.17) is 10.2 Å². The third-order valence-electron chi connectivity index (χ3n) is 2.55. The Morgan fingerprint density at radius 3 is 2.94 bits per heavy atom. The molecule has 1 rings (SSSR count). The van der Waals surface area contributed by atoms with E-state index in [-0.39, 0.29) is 5.91 Å². The Hall–Kier alpha value is -1.29. The fourth-order valence-electron chi connectivity index (χ4n) is 1.43. The molecular formula is C12H20N2O2. The van der Waals surface area contributed by atoms with Crippen LogP contribution in [0.4, 0.5) is 0 Å². The molecule has 0 spiro atoms. The number of nitrogens with one attached hydrogen (secondary N) is 1. The molecule has 1 aromatic rings. The van der Waals surface area contributed by atoms with Crippen molar-refractivity contribution in [3.05, 3.63) is 23.7 Å². The van der Waals surface area contributed by atoms with Crippen molar-refractivity contribution in [1.29, 1.82) is 0 Å². The number of hydrogen-bond donors (Lipinski definition) is 2. The Labute approximate surface area is 96.2 Å². The third-order valence-corrected chi connectivity index (χ3v) is 2.55. The molecule has 4 heteroatoms. The molecule has 1 heterocycles. The van der Waals surface area contributed by atoms with Crippen LogP contribution in [0.2, 0.25) is 0 Å². The quantitative estimate of drug-likeness (QED) is 0.722. The van der Waals surface area contributed by atoms with Crippen LogP contribution in [0.25, 0.3) is 0 Å². The van der Waals surface area contributed by atoms with Gasteiger partial charge in [0.1, 0.15) is 12.0 Å². The van der Waals surface area contributed by atoms with Gasteiger partial charge in [-0.25, -0.2) is 0 Å². The maximum Gasteiger partial charge on any atom is 0.254 e. The summed E-state index contributed by atoms with van der Waals surface area (Å²) in [6, 6.07) is 1.73. The topological polar surface area (TPSA) is 68.3 Å². The first-order chi connectivity index (χ1) is 7.63. The van der Waals surface area contributed by atoms with Crippen LogP contribution in [0.5, 0.6) is 0 Å². The summed E-state index contributed by atoms with van der Waals surface area (Å²) in [5.74, 6) is 1.20. The number of rotatable bonds is 6. The van der Waals surface area contributed by atoms with Crippen molar-refractivity contribution in [1.82, 2.24) is 5.32 Å². The van der Waals surface area contributed by atoms with Crippen LogP contribution >= 0.6 is 0 Å². The van der Waals surface area contributed by atoms with Crippen LogP contribution in [0.3, 0.4) is 0 Å². The van der Waals surface area contributed by atoms with E-state index in [1.165, 1.54) is 6.26 Å². The van der Waals surface area contributed by atoms with E-state index < -0.39 is 0 Å². The number of aryl methyl sites for hydroxylation is 1. The minimum Gasteiger partial charge on any atom is -0.469 e. The monoisotopic (exact) mass is 224 g/mol. The SMILES string of the molecule is Cc1cc(C(=O)NCCCC(C)CN)co1. The number of furan rings is 1. The van der Waals surface area contributed by atoms with E-state index in [0.29, 0.717) is 24.6 Å². The Morgan fingerprint density at radius 2 is 2.38 bits per heavy atom.